The van der Waals surface area contributed by atoms with Crippen molar-refractivity contribution in [1.29, 1.82) is 0 Å². The van der Waals surface area contributed by atoms with Gasteiger partial charge in [0.15, 0.2) is 6.10 Å². The maximum Gasteiger partial charge on any atom is 0.310 e. The molecule has 0 radical (unpaired) electrons. The van der Waals surface area contributed by atoms with Crippen molar-refractivity contribution < 1.29 is 23.9 Å². The van der Waals surface area contributed by atoms with Gasteiger partial charge < -0.3 is 9.47 Å². The zero-order valence-electron chi connectivity index (χ0n) is 13.4. The van der Waals surface area contributed by atoms with Gasteiger partial charge in [-0.3, -0.25) is 14.4 Å². The van der Waals surface area contributed by atoms with Gasteiger partial charge in [-0.25, -0.2) is 0 Å². The molecule has 0 N–H and O–H groups in total. The molecule has 5 nitrogen and oxygen atoms in total. The summed E-state index contributed by atoms with van der Waals surface area (Å²) in [6.07, 6.45) is -0.287. The number of esters is 2. The topological polar surface area (TPSA) is 69.7 Å². The first-order chi connectivity index (χ1) is 11.9. The van der Waals surface area contributed by atoms with Crippen molar-refractivity contribution in [2.24, 2.45) is 23.7 Å². The summed E-state index contributed by atoms with van der Waals surface area (Å²) in [5.41, 5.74) is 0.427. The van der Waals surface area contributed by atoms with Gasteiger partial charge in [0.05, 0.1) is 16.7 Å². The Morgan fingerprint density at radius 2 is 1.96 bits per heavy atom. The number of fused-ring (bicyclic) bond motifs is 1. The van der Waals surface area contributed by atoms with Crippen molar-refractivity contribution in [1.82, 2.24) is 0 Å². The lowest BCUT2D eigenvalue weighted by Crippen LogP contribution is -2.40. The van der Waals surface area contributed by atoms with Crippen molar-refractivity contribution in [2.75, 3.05) is 0 Å². The summed E-state index contributed by atoms with van der Waals surface area (Å²) in [6, 6.07) is 6.42. The number of carbonyl (C=O) groups excluding carboxylic acids is 3. The average Bonchev–Trinajstić information content (AvgIpc) is 3.19. The van der Waals surface area contributed by atoms with Crippen LogP contribution in [0.1, 0.15) is 23.7 Å². The number of carbonyl (C=O) groups is 3. The monoisotopic (exact) mass is 426 g/mol. The van der Waals surface area contributed by atoms with Crippen molar-refractivity contribution in [3.05, 3.63) is 34.9 Å². The third kappa shape index (κ3) is 2.61. The van der Waals surface area contributed by atoms with Crippen LogP contribution in [0, 0.1) is 23.7 Å². The molecule has 7 heteroatoms. The fourth-order valence-corrected chi connectivity index (χ4v) is 5.62. The van der Waals surface area contributed by atoms with Gasteiger partial charge >= 0.3 is 11.9 Å². The van der Waals surface area contributed by atoms with Crippen LogP contribution in [-0.4, -0.2) is 34.8 Å². The summed E-state index contributed by atoms with van der Waals surface area (Å²) >= 11 is 9.38. The molecule has 7 atom stereocenters. The number of halogens is 2. The van der Waals surface area contributed by atoms with Gasteiger partial charge in [0.2, 0.25) is 5.78 Å². The predicted molar refractivity (Wildman–Crippen MR) is 92.5 cm³/mol. The SMILES string of the molecule is C[C@H](OC(=O)[C@@H]1[C@H]2C[C@H]3[C@H](OC(=O)[C@@H]31)[C@H]2Br)C(=O)c1ccc(Cl)cc1. The van der Waals surface area contributed by atoms with Gasteiger partial charge in [-0.05, 0) is 43.5 Å². The molecule has 2 aliphatic carbocycles. The lowest BCUT2D eigenvalue weighted by molar-refractivity contribution is -0.157. The Balaban J connectivity index is 1.48. The molecule has 1 saturated heterocycles. The number of ether oxygens (including phenoxy) is 2. The van der Waals surface area contributed by atoms with Gasteiger partial charge in [-0.15, -0.1) is 0 Å². The molecule has 25 heavy (non-hydrogen) atoms. The number of Topliss-reactive ketones (excluding diaryl/α,β-unsaturated/α-hetero) is 1. The van der Waals surface area contributed by atoms with Crippen LogP contribution in [-0.2, 0) is 19.1 Å². The number of hydrogen-bond donors (Lipinski definition) is 0. The van der Waals surface area contributed by atoms with Crippen LogP contribution in [0.3, 0.4) is 0 Å². The van der Waals surface area contributed by atoms with Gasteiger partial charge in [0.1, 0.15) is 6.10 Å². The molecule has 2 saturated carbocycles. The maximum absolute atomic E-state index is 12.7. The largest absolute Gasteiger partial charge is 0.461 e. The second-order valence-corrected chi connectivity index (χ2v) is 8.40. The Bertz CT molecular complexity index is 748. The fourth-order valence-electron chi connectivity index (χ4n) is 4.45. The molecule has 0 unspecified atom stereocenters. The quantitative estimate of drug-likeness (QED) is 0.420. The van der Waals surface area contributed by atoms with E-state index in [4.69, 9.17) is 21.1 Å². The highest BCUT2D eigenvalue weighted by atomic mass is 79.9. The van der Waals surface area contributed by atoms with Crippen LogP contribution >= 0.6 is 27.5 Å². The third-order valence-corrected chi connectivity index (χ3v) is 7.04. The van der Waals surface area contributed by atoms with Crippen LogP contribution < -0.4 is 0 Å². The maximum atomic E-state index is 12.7. The van der Waals surface area contributed by atoms with E-state index in [2.05, 4.69) is 15.9 Å². The lowest BCUT2D eigenvalue weighted by Gasteiger charge is -2.27. The van der Waals surface area contributed by atoms with E-state index in [9.17, 15) is 14.4 Å². The van der Waals surface area contributed by atoms with Crippen molar-refractivity contribution >= 4 is 45.3 Å². The molecular weight excluding hydrogens is 412 g/mol. The second kappa shape index (κ2) is 6.09. The number of alkyl halides is 1. The zero-order chi connectivity index (χ0) is 17.9. The molecule has 0 spiro atoms. The summed E-state index contributed by atoms with van der Waals surface area (Å²) in [5.74, 6) is -2.00. The van der Waals surface area contributed by atoms with E-state index in [0.717, 1.165) is 6.42 Å². The number of benzene rings is 1. The standard InChI is InChI=1S/C18H16BrClO5/c1-7(15(21)8-2-4-9(20)5-3-8)24-17(22)12-10-6-11-13(12)18(23)25-16(11)14(10)19/h2-5,7,10-14,16H,6H2,1H3/t7-,10+,11+,12+,13-,14-,16-/m0/s1. The third-order valence-electron chi connectivity index (χ3n) is 5.59. The van der Waals surface area contributed by atoms with E-state index < -0.39 is 23.9 Å². The molecule has 0 amide bonds. The Kier molecular flexibility index (Phi) is 4.15. The van der Waals surface area contributed by atoms with E-state index in [-0.39, 0.29) is 34.5 Å². The highest BCUT2D eigenvalue weighted by Crippen LogP contribution is 2.60. The summed E-state index contributed by atoms with van der Waals surface area (Å²) in [7, 11) is 0. The minimum atomic E-state index is -0.921. The van der Waals surface area contributed by atoms with E-state index in [1.54, 1.807) is 31.2 Å². The smallest absolute Gasteiger partial charge is 0.310 e. The van der Waals surface area contributed by atoms with E-state index in [1.807, 2.05) is 0 Å². The van der Waals surface area contributed by atoms with Crippen molar-refractivity contribution in [3.63, 3.8) is 0 Å². The lowest BCUT2D eigenvalue weighted by atomic mass is 9.80. The van der Waals surface area contributed by atoms with Crippen LogP contribution in [0.25, 0.3) is 0 Å². The minimum absolute atomic E-state index is 0.0109. The molecular formula is C18H16BrClO5. The minimum Gasteiger partial charge on any atom is -0.461 e. The Morgan fingerprint density at radius 3 is 2.64 bits per heavy atom. The Morgan fingerprint density at radius 1 is 1.28 bits per heavy atom. The molecule has 132 valence electrons. The molecule has 2 bridgehead atoms. The van der Waals surface area contributed by atoms with Crippen LogP contribution in [0.2, 0.25) is 5.02 Å². The predicted octanol–water partition coefficient (Wildman–Crippen LogP) is 3.03. The van der Waals surface area contributed by atoms with E-state index in [1.165, 1.54) is 0 Å². The zero-order valence-corrected chi connectivity index (χ0v) is 15.7. The van der Waals surface area contributed by atoms with Crippen LogP contribution in [0.15, 0.2) is 24.3 Å². The highest BCUT2D eigenvalue weighted by Gasteiger charge is 2.68. The first-order valence-electron chi connectivity index (χ1n) is 8.23. The number of rotatable bonds is 4. The molecule has 0 aromatic heterocycles. The first-order valence-corrected chi connectivity index (χ1v) is 9.52. The molecule has 1 aromatic rings. The van der Waals surface area contributed by atoms with Gasteiger partial charge in [-0.1, -0.05) is 27.5 Å². The summed E-state index contributed by atoms with van der Waals surface area (Å²) in [4.78, 5) is 37.2. The molecule has 3 aliphatic rings. The van der Waals surface area contributed by atoms with Crippen molar-refractivity contribution in [3.8, 4) is 0 Å². The number of ketones is 1. The summed E-state index contributed by atoms with van der Waals surface area (Å²) < 4.78 is 10.8. The van der Waals surface area contributed by atoms with E-state index >= 15 is 0 Å². The molecule has 1 aliphatic heterocycles. The van der Waals surface area contributed by atoms with Gasteiger partial charge in [0, 0.05) is 16.5 Å². The molecule has 1 aromatic carbocycles. The van der Waals surface area contributed by atoms with Crippen molar-refractivity contribution in [2.45, 2.75) is 30.4 Å². The Labute approximate surface area is 158 Å². The summed E-state index contributed by atoms with van der Waals surface area (Å²) in [6.45, 7) is 1.55. The second-order valence-electron chi connectivity index (χ2n) is 6.91. The average molecular weight is 428 g/mol. The fraction of sp³-hybridized carbons (Fsp3) is 0.500. The van der Waals surface area contributed by atoms with Crippen LogP contribution in [0.4, 0.5) is 0 Å². The normalized spacial score (nSPS) is 36.2. The number of hydrogen-bond acceptors (Lipinski definition) is 5. The molecule has 4 rings (SSSR count). The Hall–Kier alpha value is -1.40. The van der Waals surface area contributed by atoms with E-state index in [0.29, 0.717) is 10.6 Å². The summed E-state index contributed by atoms with van der Waals surface area (Å²) in [5, 5.41) is 0.529. The van der Waals surface area contributed by atoms with Gasteiger partial charge in [0.25, 0.3) is 0 Å². The van der Waals surface area contributed by atoms with Crippen LogP contribution in [0.5, 0.6) is 0 Å². The highest BCUT2D eigenvalue weighted by molar-refractivity contribution is 9.09. The molecule has 3 fully saturated rings. The first kappa shape index (κ1) is 17.0. The molecule has 1 heterocycles. The van der Waals surface area contributed by atoms with Gasteiger partial charge in [-0.2, -0.15) is 0 Å².